The first-order valence-corrected chi connectivity index (χ1v) is 3.32. The highest BCUT2D eigenvalue weighted by Gasteiger charge is 2.40. The van der Waals surface area contributed by atoms with E-state index in [0.29, 0.717) is 0 Å². The van der Waals surface area contributed by atoms with Crippen LogP contribution in [0.2, 0.25) is 0 Å². The van der Waals surface area contributed by atoms with Crippen LogP contribution in [0, 0.1) is 0 Å². The molecule has 0 spiro atoms. The predicted molar refractivity (Wildman–Crippen MR) is 37.2 cm³/mol. The second kappa shape index (κ2) is 3.92. The first kappa shape index (κ1) is 10.7. The summed E-state index contributed by atoms with van der Waals surface area (Å²) >= 11 is 0. The molecule has 68 valence electrons. The van der Waals surface area contributed by atoms with Gasteiger partial charge in [-0.15, -0.1) is 0 Å². The SMILES string of the molecule is CN(C)[C@@H](CCN)C(F)(F)F. The molecule has 0 radical (unpaired) electrons. The number of rotatable bonds is 3. The van der Waals surface area contributed by atoms with Crippen LogP contribution >= 0.6 is 0 Å². The van der Waals surface area contributed by atoms with Gasteiger partial charge in [-0.25, -0.2) is 0 Å². The van der Waals surface area contributed by atoms with E-state index >= 15 is 0 Å². The Kier molecular flexibility index (Phi) is 3.82. The highest BCUT2D eigenvalue weighted by atomic mass is 19.4. The molecule has 5 heteroatoms. The molecule has 11 heavy (non-hydrogen) atoms. The van der Waals surface area contributed by atoms with Crippen molar-refractivity contribution in [2.45, 2.75) is 18.6 Å². The smallest absolute Gasteiger partial charge is 0.330 e. The number of hydrogen-bond acceptors (Lipinski definition) is 2. The van der Waals surface area contributed by atoms with Gasteiger partial charge >= 0.3 is 6.18 Å². The lowest BCUT2D eigenvalue weighted by atomic mass is 10.2. The Morgan fingerprint density at radius 3 is 1.91 bits per heavy atom. The van der Waals surface area contributed by atoms with Gasteiger partial charge < -0.3 is 5.73 Å². The number of hydrogen-bond donors (Lipinski definition) is 1. The highest BCUT2D eigenvalue weighted by Crippen LogP contribution is 2.24. The number of nitrogens with zero attached hydrogens (tertiary/aromatic N) is 1. The van der Waals surface area contributed by atoms with Crippen molar-refractivity contribution in [3.63, 3.8) is 0 Å². The molecular formula is C6H13F3N2. The molecular weight excluding hydrogens is 157 g/mol. The van der Waals surface area contributed by atoms with E-state index in [-0.39, 0.29) is 13.0 Å². The van der Waals surface area contributed by atoms with Crippen molar-refractivity contribution in [1.82, 2.24) is 4.90 Å². The van der Waals surface area contributed by atoms with Crippen LogP contribution in [0.3, 0.4) is 0 Å². The molecule has 0 aliphatic heterocycles. The van der Waals surface area contributed by atoms with Crippen LogP contribution in [0.25, 0.3) is 0 Å². The van der Waals surface area contributed by atoms with Crippen LogP contribution in [0.4, 0.5) is 13.2 Å². The minimum Gasteiger partial charge on any atom is -0.330 e. The standard InChI is InChI=1S/C6H13F3N2/c1-11(2)5(3-4-10)6(7,8)9/h5H,3-4,10H2,1-2H3/t5-/m0/s1. The third-order valence-electron chi connectivity index (χ3n) is 1.44. The van der Waals surface area contributed by atoms with Gasteiger partial charge in [0.1, 0.15) is 6.04 Å². The molecule has 0 aromatic carbocycles. The van der Waals surface area contributed by atoms with E-state index in [1.54, 1.807) is 0 Å². The molecule has 0 fully saturated rings. The van der Waals surface area contributed by atoms with E-state index in [2.05, 4.69) is 0 Å². The molecule has 1 atom stereocenters. The van der Waals surface area contributed by atoms with Crippen LogP contribution in [0.15, 0.2) is 0 Å². The van der Waals surface area contributed by atoms with Gasteiger partial charge in [0.05, 0.1) is 0 Å². The lowest BCUT2D eigenvalue weighted by molar-refractivity contribution is -0.178. The summed E-state index contributed by atoms with van der Waals surface area (Å²) in [6, 6.07) is -1.41. The number of nitrogens with two attached hydrogens (primary N) is 1. The minimum atomic E-state index is -4.16. The van der Waals surface area contributed by atoms with Crippen molar-refractivity contribution in [3.05, 3.63) is 0 Å². The van der Waals surface area contributed by atoms with Crippen LogP contribution < -0.4 is 5.73 Å². The quantitative estimate of drug-likeness (QED) is 0.679. The summed E-state index contributed by atoms with van der Waals surface area (Å²) < 4.78 is 36.2. The molecule has 0 heterocycles. The second-order valence-electron chi connectivity index (χ2n) is 2.60. The van der Waals surface area contributed by atoms with E-state index in [4.69, 9.17) is 5.73 Å². The van der Waals surface area contributed by atoms with Gasteiger partial charge in [0.2, 0.25) is 0 Å². The number of halogens is 3. The van der Waals surface area contributed by atoms with Gasteiger partial charge in [-0.1, -0.05) is 0 Å². The third-order valence-corrected chi connectivity index (χ3v) is 1.44. The van der Waals surface area contributed by atoms with Crippen molar-refractivity contribution in [3.8, 4) is 0 Å². The van der Waals surface area contributed by atoms with Gasteiger partial charge in [0, 0.05) is 0 Å². The average molecular weight is 170 g/mol. The van der Waals surface area contributed by atoms with Crippen molar-refractivity contribution in [2.75, 3.05) is 20.6 Å². The zero-order valence-corrected chi connectivity index (χ0v) is 6.65. The summed E-state index contributed by atoms with van der Waals surface area (Å²) in [6.45, 7) is 0.0579. The zero-order valence-electron chi connectivity index (χ0n) is 6.65. The predicted octanol–water partition coefficient (Wildman–Crippen LogP) is 0.828. The van der Waals surface area contributed by atoms with Crippen LogP contribution in [-0.2, 0) is 0 Å². The van der Waals surface area contributed by atoms with Crippen LogP contribution in [-0.4, -0.2) is 37.8 Å². The minimum absolute atomic E-state index is 0.0451. The van der Waals surface area contributed by atoms with Gasteiger partial charge in [0.15, 0.2) is 0 Å². The van der Waals surface area contributed by atoms with E-state index in [1.165, 1.54) is 14.1 Å². The monoisotopic (exact) mass is 170 g/mol. The van der Waals surface area contributed by atoms with Gasteiger partial charge in [-0.2, -0.15) is 13.2 Å². The molecule has 0 aliphatic rings. The summed E-state index contributed by atoms with van der Waals surface area (Å²) in [5.41, 5.74) is 5.04. The van der Waals surface area contributed by atoms with Crippen molar-refractivity contribution < 1.29 is 13.2 Å². The lowest BCUT2D eigenvalue weighted by Crippen LogP contribution is -2.42. The lowest BCUT2D eigenvalue weighted by Gasteiger charge is -2.25. The van der Waals surface area contributed by atoms with Gasteiger partial charge in [-0.3, -0.25) is 4.90 Å². The van der Waals surface area contributed by atoms with Crippen LogP contribution in [0.1, 0.15) is 6.42 Å². The van der Waals surface area contributed by atoms with Crippen molar-refractivity contribution in [2.24, 2.45) is 5.73 Å². The Hall–Kier alpha value is -0.290. The van der Waals surface area contributed by atoms with E-state index in [0.717, 1.165) is 4.90 Å². The fourth-order valence-corrected chi connectivity index (χ4v) is 0.873. The van der Waals surface area contributed by atoms with Gasteiger partial charge in [-0.05, 0) is 27.1 Å². The molecule has 0 saturated carbocycles. The maximum Gasteiger partial charge on any atom is 0.404 e. The molecule has 2 N–H and O–H groups in total. The molecule has 0 aromatic rings. The Morgan fingerprint density at radius 1 is 1.36 bits per heavy atom. The zero-order chi connectivity index (χ0) is 9.07. The third kappa shape index (κ3) is 3.57. The van der Waals surface area contributed by atoms with Crippen molar-refractivity contribution >= 4 is 0 Å². The summed E-state index contributed by atoms with van der Waals surface area (Å²) in [7, 11) is 2.79. The summed E-state index contributed by atoms with van der Waals surface area (Å²) in [5, 5.41) is 0. The molecule has 0 rings (SSSR count). The van der Waals surface area contributed by atoms with E-state index in [9.17, 15) is 13.2 Å². The topological polar surface area (TPSA) is 29.3 Å². The van der Waals surface area contributed by atoms with Crippen LogP contribution in [0.5, 0.6) is 0 Å². The van der Waals surface area contributed by atoms with Crippen molar-refractivity contribution in [1.29, 1.82) is 0 Å². The number of alkyl halides is 3. The first-order valence-electron chi connectivity index (χ1n) is 3.32. The molecule has 0 amide bonds. The fourth-order valence-electron chi connectivity index (χ4n) is 0.873. The largest absolute Gasteiger partial charge is 0.404 e. The second-order valence-corrected chi connectivity index (χ2v) is 2.60. The highest BCUT2D eigenvalue weighted by molar-refractivity contribution is 4.74. The Balaban J connectivity index is 4.10. The molecule has 2 nitrogen and oxygen atoms in total. The summed E-state index contributed by atoms with van der Waals surface area (Å²) in [4.78, 5) is 1.13. The molecule has 0 aliphatic carbocycles. The van der Waals surface area contributed by atoms with E-state index in [1.807, 2.05) is 0 Å². The Labute approximate surface area is 64.2 Å². The normalized spacial score (nSPS) is 15.5. The Bertz CT molecular complexity index is 111. The molecule has 0 unspecified atom stereocenters. The summed E-state index contributed by atoms with van der Waals surface area (Å²) in [6.07, 6.45) is -4.21. The summed E-state index contributed by atoms with van der Waals surface area (Å²) in [5.74, 6) is 0. The molecule has 0 aromatic heterocycles. The maximum atomic E-state index is 12.1. The van der Waals surface area contributed by atoms with E-state index < -0.39 is 12.2 Å². The fraction of sp³-hybridized carbons (Fsp3) is 1.00. The average Bonchev–Trinajstić information content (AvgIpc) is 1.79. The maximum absolute atomic E-state index is 12.1. The first-order chi connectivity index (χ1) is 4.89. The molecule has 0 saturated heterocycles. The Morgan fingerprint density at radius 2 is 1.82 bits per heavy atom. The van der Waals surface area contributed by atoms with Gasteiger partial charge in [0.25, 0.3) is 0 Å². The molecule has 0 bridgehead atoms.